The summed E-state index contributed by atoms with van der Waals surface area (Å²) in [6, 6.07) is 0. The maximum atomic E-state index is 4.18. The van der Waals surface area contributed by atoms with Gasteiger partial charge in [-0.15, -0.1) is 0 Å². The lowest BCUT2D eigenvalue weighted by Gasteiger charge is -2.31. The summed E-state index contributed by atoms with van der Waals surface area (Å²) >= 11 is 0. The van der Waals surface area contributed by atoms with E-state index in [-0.39, 0.29) is 5.41 Å². The van der Waals surface area contributed by atoms with Crippen LogP contribution in [0, 0.1) is 10.8 Å². The molecule has 0 aliphatic heterocycles. The molecule has 0 atom stereocenters. The summed E-state index contributed by atoms with van der Waals surface area (Å²) in [5.41, 5.74) is 1.90. The number of hydrogen-bond acceptors (Lipinski definition) is 1. The van der Waals surface area contributed by atoms with E-state index in [0.717, 1.165) is 6.54 Å². The van der Waals surface area contributed by atoms with E-state index in [1.165, 1.54) is 25.0 Å². The number of rotatable bonds is 5. The number of nitrogens with zero attached hydrogens (tertiary/aromatic N) is 1. The van der Waals surface area contributed by atoms with Gasteiger partial charge in [0, 0.05) is 24.7 Å². The predicted molar refractivity (Wildman–Crippen MR) is 74.5 cm³/mol. The van der Waals surface area contributed by atoms with Gasteiger partial charge in [0.25, 0.3) is 0 Å². The molecule has 0 amide bonds. The molecule has 0 aromatic carbocycles. The van der Waals surface area contributed by atoms with Crippen LogP contribution in [0.4, 0.5) is 0 Å². The zero-order valence-electron chi connectivity index (χ0n) is 12.5. The molecule has 16 heavy (non-hydrogen) atoms. The molecular formula is C15H31N. The van der Waals surface area contributed by atoms with Gasteiger partial charge in [-0.1, -0.05) is 54.5 Å². The van der Waals surface area contributed by atoms with Gasteiger partial charge in [-0.2, -0.15) is 0 Å². The molecule has 0 radical (unpaired) electrons. The first-order valence-electron chi connectivity index (χ1n) is 6.44. The molecule has 1 heteroatoms. The van der Waals surface area contributed by atoms with Crippen molar-refractivity contribution in [3.05, 3.63) is 12.3 Å². The average molecular weight is 225 g/mol. The van der Waals surface area contributed by atoms with Gasteiger partial charge in [0.2, 0.25) is 0 Å². The van der Waals surface area contributed by atoms with Crippen LogP contribution in [0.5, 0.6) is 0 Å². The van der Waals surface area contributed by atoms with Crippen molar-refractivity contribution in [3.63, 3.8) is 0 Å². The topological polar surface area (TPSA) is 3.24 Å². The van der Waals surface area contributed by atoms with E-state index in [1.54, 1.807) is 0 Å². The first-order chi connectivity index (χ1) is 7.04. The SMILES string of the molecule is C=C(N(C)CCCCC(C)(C)C)C(C)(C)C. The summed E-state index contributed by atoms with van der Waals surface area (Å²) in [7, 11) is 2.16. The number of unbranched alkanes of at least 4 members (excludes halogenated alkanes) is 1. The lowest BCUT2D eigenvalue weighted by molar-refractivity contribution is 0.293. The highest BCUT2D eigenvalue weighted by Crippen LogP contribution is 2.26. The highest BCUT2D eigenvalue weighted by atomic mass is 15.1. The minimum Gasteiger partial charge on any atom is -0.378 e. The van der Waals surface area contributed by atoms with E-state index in [0.29, 0.717) is 5.41 Å². The minimum absolute atomic E-state index is 0.193. The van der Waals surface area contributed by atoms with Gasteiger partial charge in [0.15, 0.2) is 0 Å². The van der Waals surface area contributed by atoms with Gasteiger partial charge < -0.3 is 4.90 Å². The highest BCUT2D eigenvalue weighted by Gasteiger charge is 2.18. The van der Waals surface area contributed by atoms with Crippen molar-refractivity contribution in [1.82, 2.24) is 4.90 Å². The summed E-state index contributed by atoms with van der Waals surface area (Å²) in [5.74, 6) is 0. The van der Waals surface area contributed by atoms with Crippen LogP contribution in [0.25, 0.3) is 0 Å². The predicted octanol–water partition coefficient (Wildman–Crippen LogP) is 4.69. The van der Waals surface area contributed by atoms with Gasteiger partial charge in [-0.3, -0.25) is 0 Å². The third kappa shape index (κ3) is 6.92. The fourth-order valence-electron chi connectivity index (χ4n) is 1.71. The van der Waals surface area contributed by atoms with Crippen LogP contribution in [0.1, 0.15) is 60.8 Å². The molecule has 0 aliphatic carbocycles. The van der Waals surface area contributed by atoms with Gasteiger partial charge in [-0.25, -0.2) is 0 Å². The molecule has 0 saturated heterocycles. The van der Waals surface area contributed by atoms with Crippen molar-refractivity contribution in [2.45, 2.75) is 60.8 Å². The fraction of sp³-hybridized carbons (Fsp3) is 0.867. The van der Waals surface area contributed by atoms with Crippen molar-refractivity contribution in [2.24, 2.45) is 10.8 Å². The molecular weight excluding hydrogens is 194 g/mol. The lowest BCUT2D eigenvalue weighted by Crippen LogP contribution is -2.27. The zero-order valence-corrected chi connectivity index (χ0v) is 12.5. The molecule has 0 unspecified atom stereocenters. The molecule has 96 valence electrons. The standard InChI is InChI=1S/C15H31N/c1-13(15(5,6)7)16(8)12-10-9-11-14(2,3)4/h1,9-12H2,2-8H3. The molecule has 0 spiro atoms. The van der Waals surface area contributed by atoms with Crippen molar-refractivity contribution >= 4 is 0 Å². The van der Waals surface area contributed by atoms with Gasteiger partial charge in [0.1, 0.15) is 0 Å². The third-order valence-corrected chi connectivity index (χ3v) is 3.00. The van der Waals surface area contributed by atoms with Crippen molar-refractivity contribution in [3.8, 4) is 0 Å². The van der Waals surface area contributed by atoms with Crippen LogP contribution in [0.3, 0.4) is 0 Å². The van der Waals surface area contributed by atoms with Crippen LogP contribution in [-0.4, -0.2) is 18.5 Å². The Morgan fingerprint density at radius 1 is 1.00 bits per heavy atom. The molecule has 0 aromatic heterocycles. The Balaban J connectivity index is 3.83. The van der Waals surface area contributed by atoms with E-state index in [9.17, 15) is 0 Å². The molecule has 1 nitrogen and oxygen atoms in total. The molecule has 0 N–H and O–H groups in total. The van der Waals surface area contributed by atoms with Crippen LogP contribution in [-0.2, 0) is 0 Å². The maximum absolute atomic E-state index is 4.18. The van der Waals surface area contributed by atoms with E-state index >= 15 is 0 Å². The Bertz CT molecular complexity index is 215. The Hall–Kier alpha value is -0.460. The van der Waals surface area contributed by atoms with Crippen LogP contribution < -0.4 is 0 Å². The Morgan fingerprint density at radius 3 is 1.88 bits per heavy atom. The molecule has 0 saturated carbocycles. The second-order valence-electron chi connectivity index (χ2n) is 7.14. The Labute approximate surface area is 103 Å². The first kappa shape index (κ1) is 15.5. The quantitative estimate of drug-likeness (QED) is 0.613. The second kappa shape index (κ2) is 5.75. The third-order valence-electron chi connectivity index (χ3n) is 3.00. The van der Waals surface area contributed by atoms with Crippen LogP contribution >= 0.6 is 0 Å². The van der Waals surface area contributed by atoms with E-state index in [2.05, 4.69) is 60.1 Å². The van der Waals surface area contributed by atoms with Crippen molar-refractivity contribution < 1.29 is 0 Å². The number of hydrogen-bond donors (Lipinski definition) is 0. The monoisotopic (exact) mass is 225 g/mol. The summed E-state index contributed by atoms with van der Waals surface area (Å²) in [6.07, 6.45) is 3.89. The normalized spacial score (nSPS) is 12.7. The van der Waals surface area contributed by atoms with E-state index < -0.39 is 0 Å². The Kier molecular flexibility index (Phi) is 5.58. The summed E-state index contributed by atoms with van der Waals surface area (Å²) in [4.78, 5) is 2.31. The maximum Gasteiger partial charge on any atom is 0.0171 e. The zero-order chi connectivity index (χ0) is 13.0. The van der Waals surface area contributed by atoms with Crippen LogP contribution in [0.2, 0.25) is 0 Å². The first-order valence-corrected chi connectivity index (χ1v) is 6.44. The molecule has 0 rings (SSSR count). The summed E-state index contributed by atoms with van der Waals surface area (Å²) in [6.45, 7) is 18.9. The molecule has 0 aromatic rings. The minimum atomic E-state index is 0.193. The molecule has 0 heterocycles. The number of allylic oxidation sites excluding steroid dienone is 1. The average Bonchev–Trinajstić information content (AvgIpc) is 2.07. The van der Waals surface area contributed by atoms with Crippen molar-refractivity contribution in [2.75, 3.05) is 13.6 Å². The van der Waals surface area contributed by atoms with E-state index in [1.807, 2.05) is 0 Å². The van der Waals surface area contributed by atoms with Crippen LogP contribution in [0.15, 0.2) is 12.3 Å². The molecule has 0 bridgehead atoms. The Morgan fingerprint density at radius 2 is 1.50 bits per heavy atom. The van der Waals surface area contributed by atoms with Gasteiger partial charge >= 0.3 is 0 Å². The largest absolute Gasteiger partial charge is 0.378 e. The molecule has 0 fully saturated rings. The fourth-order valence-corrected chi connectivity index (χ4v) is 1.71. The highest BCUT2D eigenvalue weighted by molar-refractivity contribution is 5.03. The van der Waals surface area contributed by atoms with Crippen molar-refractivity contribution in [1.29, 1.82) is 0 Å². The second-order valence-corrected chi connectivity index (χ2v) is 7.14. The summed E-state index contributed by atoms with van der Waals surface area (Å²) in [5, 5.41) is 0. The van der Waals surface area contributed by atoms with Gasteiger partial charge in [0.05, 0.1) is 0 Å². The summed E-state index contributed by atoms with van der Waals surface area (Å²) < 4.78 is 0. The lowest BCUT2D eigenvalue weighted by atomic mass is 9.89. The van der Waals surface area contributed by atoms with E-state index in [4.69, 9.17) is 0 Å². The van der Waals surface area contributed by atoms with Gasteiger partial charge in [-0.05, 0) is 18.3 Å². The smallest absolute Gasteiger partial charge is 0.0171 e. The molecule has 0 aliphatic rings.